The second-order valence-corrected chi connectivity index (χ2v) is 5.25. The molecule has 1 aliphatic carbocycles. The number of anilines is 1. The number of hydrogen-bond donors (Lipinski definition) is 2. The Labute approximate surface area is 111 Å². The molecule has 0 bridgehead atoms. The highest BCUT2D eigenvalue weighted by Crippen LogP contribution is 2.39. The van der Waals surface area contributed by atoms with Gasteiger partial charge in [-0.05, 0) is 42.9 Å². The van der Waals surface area contributed by atoms with Crippen LogP contribution in [0, 0.1) is 0 Å². The van der Waals surface area contributed by atoms with Crippen LogP contribution >= 0.6 is 0 Å². The molecule has 4 nitrogen and oxygen atoms in total. The molecule has 0 aromatic heterocycles. The van der Waals surface area contributed by atoms with E-state index in [0.29, 0.717) is 0 Å². The number of carbonyl (C=O) groups is 1. The molecule has 1 atom stereocenters. The molecule has 4 heteroatoms. The first-order valence-corrected chi connectivity index (χ1v) is 6.80. The molecule has 1 fully saturated rings. The summed E-state index contributed by atoms with van der Waals surface area (Å²) in [5, 5.41) is 7.36. The average molecular weight is 253 g/mol. The zero-order valence-corrected chi connectivity index (χ0v) is 10.6. The SMILES string of the molecule is O=C1Nc2ccccc2C2=C3CCCCC3=NN[C@@H]12. The molecule has 3 aliphatic rings. The molecule has 0 radical (unpaired) electrons. The van der Waals surface area contributed by atoms with E-state index in [1.165, 1.54) is 18.4 Å². The summed E-state index contributed by atoms with van der Waals surface area (Å²) in [6, 6.07) is 7.70. The maximum absolute atomic E-state index is 12.2. The maximum atomic E-state index is 12.2. The average Bonchev–Trinajstić information content (AvgIpc) is 2.47. The minimum atomic E-state index is -0.327. The Kier molecular flexibility index (Phi) is 2.24. The zero-order valence-electron chi connectivity index (χ0n) is 10.6. The van der Waals surface area contributed by atoms with Gasteiger partial charge in [0.25, 0.3) is 5.91 Å². The largest absolute Gasteiger partial charge is 0.323 e. The number of rotatable bonds is 0. The van der Waals surface area contributed by atoms with Crippen molar-refractivity contribution in [3.8, 4) is 0 Å². The minimum Gasteiger partial charge on any atom is -0.323 e. The third kappa shape index (κ3) is 1.52. The van der Waals surface area contributed by atoms with Gasteiger partial charge < -0.3 is 5.32 Å². The number of hydrogen-bond acceptors (Lipinski definition) is 3. The standard InChI is InChI=1S/C15H15N3O/c19-15-14-13(9-5-1-3-7-11(9)16-15)10-6-2-4-8-12(10)17-18-14/h1,3,5,7,14,18H,2,4,6,8H2,(H,16,19)/t14-/m1/s1. The van der Waals surface area contributed by atoms with Crippen LogP contribution in [0.2, 0.25) is 0 Å². The van der Waals surface area contributed by atoms with Crippen molar-refractivity contribution >= 4 is 22.9 Å². The molecule has 2 aliphatic heterocycles. The minimum absolute atomic E-state index is 0.00502. The van der Waals surface area contributed by atoms with Crippen LogP contribution in [-0.2, 0) is 4.79 Å². The lowest BCUT2D eigenvalue weighted by atomic mass is 9.81. The van der Waals surface area contributed by atoms with Gasteiger partial charge in [0.15, 0.2) is 0 Å². The summed E-state index contributed by atoms with van der Waals surface area (Å²) in [7, 11) is 0. The Morgan fingerprint density at radius 2 is 2.00 bits per heavy atom. The Balaban J connectivity index is 1.96. The molecule has 2 N–H and O–H groups in total. The van der Waals surface area contributed by atoms with Gasteiger partial charge in [0.05, 0.1) is 5.71 Å². The summed E-state index contributed by atoms with van der Waals surface area (Å²) in [4.78, 5) is 12.2. The fraction of sp³-hybridized carbons (Fsp3) is 0.333. The van der Waals surface area contributed by atoms with Crippen LogP contribution in [0.3, 0.4) is 0 Å². The highest BCUT2D eigenvalue weighted by Gasteiger charge is 2.36. The summed E-state index contributed by atoms with van der Waals surface area (Å²) in [5.74, 6) is -0.00502. The number of benzene rings is 1. The molecule has 1 aromatic rings. The van der Waals surface area contributed by atoms with Crippen molar-refractivity contribution in [1.29, 1.82) is 0 Å². The number of allylic oxidation sites excluding steroid dienone is 1. The number of nitrogens with zero attached hydrogens (tertiary/aromatic N) is 1. The van der Waals surface area contributed by atoms with Crippen LogP contribution in [0.4, 0.5) is 5.69 Å². The van der Waals surface area contributed by atoms with Crippen LogP contribution in [0.1, 0.15) is 31.2 Å². The van der Waals surface area contributed by atoms with Crippen LogP contribution in [0.15, 0.2) is 34.9 Å². The van der Waals surface area contributed by atoms with Crippen LogP contribution in [0.25, 0.3) is 5.57 Å². The Morgan fingerprint density at radius 3 is 2.95 bits per heavy atom. The number of amides is 1. The lowest BCUT2D eigenvalue weighted by Gasteiger charge is -2.34. The van der Waals surface area contributed by atoms with E-state index in [4.69, 9.17) is 0 Å². The van der Waals surface area contributed by atoms with Crippen molar-refractivity contribution in [2.24, 2.45) is 5.10 Å². The Hall–Kier alpha value is -2.10. The summed E-state index contributed by atoms with van der Waals surface area (Å²) >= 11 is 0. The molecule has 1 saturated carbocycles. The summed E-state index contributed by atoms with van der Waals surface area (Å²) in [6.07, 6.45) is 4.43. The Morgan fingerprint density at radius 1 is 1.16 bits per heavy atom. The monoisotopic (exact) mass is 253 g/mol. The fourth-order valence-electron chi connectivity index (χ4n) is 3.22. The molecule has 1 aromatic carbocycles. The van der Waals surface area contributed by atoms with E-state index in [-0.39, 0.29) is 11.9 Å². The van der Waals surface area contributed by atoms with Crippen LogP contribution in [-0.4, -0.2) is 17.7 Å². The summed E-state index contributed by atoms with van der Waals surface area (Å²) < 4.78 is 0. The van der Waals surface area contributed by atoms with Crippen molar-refractivity contribution in [3.63, 3.8) is 0 Å². The molecule has 0 spiro atoms. The molecule has 0 saturated heterocycles. The van der Waals surface area contributed by atoms with Gasteiger partial charge in [0, 0.05) is 11.3 Å². The highest BCUT2D eigenvalue weighted by molar-refractivity contribution is 6.18. The second kappa shape index (κ2) is 3.95. The molecule has 96 valence electrons. The number of hydrazone groups is 1. The topological polar surface area (TPSA) is 53.5 Å². The number of nitrogens with one attached hydrogen (secondary N) is 2. The fourth-order valence-corrected chi connectivity index (χ4v) is 3.22. The zero-order chi connectivity index (χ0) is 12.8. The smallest absolute Gasteiger partial charge is 0.253 e. The van der Waals surface area contributed by atoms with Gasteiger partial charge in [-0.15, -0.1) is 0 Å². The third-order valence-electron chi connectivity index (χ3n) is 4.12. The van der Waals surface area contributed by atoms with Crippen molar-refractivity contribution < 1.29 is 4.79 Å². The van der Waals surface area contributed by atoms with E-state index in [9.17, 15) is 4.79 Å². The normalized spacial score (nSPS) is 24.5. The summed E-state index contributed by atoms with van der Waals surface area (Å²) in [6.45, 7) is 0. The highest BCUT2D eigenvalue weighted by atomic mass is 16.2. The van der Waals surface area contributed by atoms with Gasteiger partial charge in [-0.3, -0.25) is 10.2 Å². The van der Waals surface area contributed by atoms with Gasteiger partial charge >= 0.3 is 0 Å². The van der Waals surface area contributed by atoms with Gasteiger partial charge in [0.2, 0.25) is 0 Å². The summed E-state index contributed by atoms with van der Waals surface area (Å²) in [5.41, 5.74) is 8.66. The van der Waals surface area contributed by atoms with Crippen molar-refractivity contribution in [3.05, 3.63) is 35.4 Å². The molecular formula is C15H15N3O. The van der Waals surface area contributed by atoms with Gasteiger partial charge in [-0.25, -0.2) is 0 Å². The lowest BCUT2D eigenvalue weighted by Crippen LogP contribution is -2.46. The number of carbonyl (C=O) groups excluding carboxylic acids is 1. The molecule has 1 amide bonds. The van der Waals surface area contributed by atoms with Crippen LogP contribution < -0.4 is 10.7 Å². The van der Waals surface area contributed by atoms with E-state index in [2.05, 4.69) is 21.9 Å². The van der Waals surface area contributed by atoms with E-state index < -0.39 is 0 Å². The van der Waals surface area contributed by atoms with Crippen molar-refractivity contribution in [1.82, 2.24) is 5.43 Å². The number of para-hydroxylation sites is 1. The number of fused-ring (bicyclic) bond motifs is 4. The first-order valence-electron chi connectivity index (χ1n) is 6.80. The first kappa shape index (κ1) is 10.8. The predicted molar refractivity (Wildman–Crippen MR) is 74.8 cm³/mol. The molecule has 0 unspecified atom stereocenters. The van der Waals surface area contributed by atoms with E-state index in [1.54, 1.807) is 0 Å². The maximum Gasteiger partial charge on any atom is 0.253 e. The third-order valence-corrected chi connectivity index (χ3v) is 4.12. The molecule has 19 heavy (non-hydrogen) atoms. The van der Waals surface area contributed by atoms with E-state index in [1.807, 2.05) is 18.2 Å². The van der Waals surface area contributed by atoms with Crippen LogP contribution in [0.5, 0.6) is 0 Å². The second-order valence-electron chi connectivity index (χ2n) is 5.25. The lowest BCUT2D eigenvalue weighted by molar-refractivity contribution is -0.117. The molecule has 4 rings (SSSR count). The van der Waals surface area contributed by atoms with Gasteiger partial charge in [-0.1, -0.05) is 18.2 Å². The quantitative estimate of drug-likeness (QED) is 0.745. The molecular weight excluding hydrogens is 238 g/mol. The predicted octanol–water partition coefficient (Wildman–Crippen LogP) is 2.29. The van der Waals surface area contributed by atoms with Gasteiger partial charge in [-0.2, -0.15) is 5.10 Å². The van der Waals surface area contributed by atoms with Crippen molar-refractivity contribution in [2.45, 2.75) is 31.7 Å². The molecule has 2 heterocycles. The first-order chi connectivity index (χ1) is 9.34. The van der Waals surface area contributed by atoms with E-state index >= 15 is 0 Å². The Bertz CT molecular complexity index is 630. The van der Waals surface area contributed by atoms with Crippen molar-refractivity contribution in [2.75, 3.05) is 5.32 Å². The van der Waals surface area contributed by atoms with Gasteiger partial charge in [0.1, 0.15) is 6.04 Å². The van der Waals surface area contributed by atoms with E-state index in [0.717, 1.165) is 35.4 Å².